The van der Waals surface area contributed by atoms with Crippen molar-refractivity contribution >= 4 is 15.9 Å². The third-order valence-corrected chi connectivity index (χ3v) is 3.92. The van der Waals surface area contributed by atoms with Crippen molar-refractivity contribution in [1.29, 1.82) is 0 Å². The largest absolute Gasteiger partial charge is 0.306 e. The summed E-state index contributed by atoms with van der Waals surface area (Å²) in [4.78, 5) is 0. The van der Waals surface area contributed by atoms with Crippen LogP contribution >= 0.6 is 15.9 Å². The SMILES string of the molecule is CC(C)C1(c2c(Br)nnn2C)CCCN1. The minimum absolute atomic E-state index is 0.0388. The summed E-state index contributed by atoms with van der Waals surface area (Å²) in [5.74, 6) is 0.536. The molecule has 0 radical (unpaired) electrons. The van der Waals surface area contributed by atoms with E-state index < -0.39 is 0 Å². The number of aryl methyl sites for hydroxylation is 1. The molecule has 5 heteroatoms. The molecule has 2 heterocycles. The molecule has 84 valence electrons. The molecule has 1 aliphatic rings. The van der Waals surface area contributed by atoms with E-state index in [1.54, 1.807) is 0 Å². The van der Waals surface area contributed by atoms with Crippen LogP contribution in [0.1, 0.15) is 32.4 Å². The van der Waals surface area contributed by atoms with E-state index in [-0.39, 0.29) is 5.54 Å². The highest BCUT2D eigenvalue weighted by Crippen LogP contribution is 2.39. The van der Waals surface area contributed by atoms with Crippen LogP contribution in [-0.4, -0.2) is 21.5 Å². The molecule has 1 aromatic heterocycles. The lowest BCUT2D eigenvalue weighted by atomic mass is 9.82. The second-order valence-electron chi connectivity index (χ2n) is 4.51. The second-order valence-corrected chi connectivity index (χ2v) is 5.26. The Morgan fingerprint density at radius 3 is 2.67 bits per heavy atom. The summed E-state index contributed by atoms with van der Waals surface area (Å²) in [6.07, 6.45) is 2.38. The highest BCUT2D eigenvalue weighted by atomic mass is 79.9. The van der Waals surface area contributed by atoms with Gasteiger partial charge in [-0.15, -0.1) is 5.10 Å². The highest BCUT2D eigenvalue weighted by molar-refractivity contribution is 9.10. The van der Waals surface area contributed by atoms with Crippen molar-refractivity contribution in [3.05, 3.63) is 10.3 Å². The summed E-state index contributed by atoms with van der Waals surface area (Å²) in [5, 5.41) is 11.8. The molecule has 0 aromatic carbocycles. The van der Waals surface area contributed by atoms with Gasteiger partial charge >= 0.3 is 0 Å². The zero-order valence-electron chi connectivity index (χ0n) is 9.42. The van der Waals surface area contributed by atoms with E-state index in [4.69, 9.17) is 0 Å². The van der Waals surface area contributed by atoms with Crippen LogP contribution in [0.5, 0.6) is 0 Å². The molecule has 1 fully saturated rings. The maximum atomic E-state index is 4.08. The third kappa shape index (κ3) is 1.61. The molecule has 1 aliphatic heterocycles. The molecule has 0 bridgehead atoms. The quantitative estimate of drug-likeness (QED) is 0.893. The van der Waals surface area contributed by atoms with E-state index in [9.17, 15) is 0 Å². The zero-order chi connectivity index (χ0) is 11.1. The normalized spacial score (nSPS) is 26.5. The lowest BCUT2D eigenvalue weighted by molar-refractivity contribution is 0.258. The summed E-state index contributed by atoms with van der Waals surface area (Å²) in [6.45, 7) is 5.57. The van der Waals surface area contributed by atoms with Gasteiger partial charge in [0.2, 0.25) is 0 Å². The predicted molar refractivity (Wildman–Crippen MR) is 62.5 cm³/mol. The summed E-state index contributed by atoms with van der Waals surface area (Å²) < 4.78 is 2.75. The van der Waals surface area contributed by atoms with Gasteiger partial charge in [0, 0.05) is 7.05 Å². The molecule has 15 heavy (non-hydrogen) atoms. The van der Waals surface area contributed by atoms with E-state index in [2.05, 4.69) is 45.4 Å². The van der Waals surface area contributed by atoms with Gasteiger partial charge in [0.1, 0.15) is 0 Å². The van der Waals surface area contributed by atoms with Gasteiger partial charge in [0.25, 0.3) is 0 Å². The summed E-state index contributed by atoms with van der Waals surface area (Å²) in [7, 11) is 1.96. The maximum absolute atomic E-state index is 4.08. The van der Waals surface area contributed by atoms with Crippen molar-refractivity contribution in [3.63, 3.8) is 0 Å². The molecule has 1 saturated heterocycles. The number of hydrogen-bond donors (Lipinski definition) is 1. The number of hydrogen-bond acceptors (Lipinski definition) is 3. The third-order valence-electron chi connectivity index (χ3n) is 3.38. The van der Waals surface area contributed by atoms with Crippen LogP contribution in [0.15, 0.2) is 4.60 Å². The van der Waals surface area contributed by atoms with Gasteiger partial charge in [0.15, 0.2) is 4.60 Å². The average molecular weight is 273 g/mol. The Balaban J connectivity index is 2.50. The first kappa shape index (κ1) is 11.1. The van der Waals surface area contributed by atoms with Crippen molar-refractivity contribution in [2.75, 3.05) is 6.54 Å². The Labute approximate surface area is 98.6 Å². The second kappa shape index (κ2) is 3.87. The molecule has 1 N–H and O–H groups in total. The van der Waals surface area contributed by atoms with Gasteiger partial charge < -0.3 is 5.32 Å². The zero-order valence-corrected chi connectivity index (χ0v) is 11.0. The lowest BCUT2D eigenvalue weighted by Crippen LogP contribution is -2.43. The highest BCUT2D eigenvalue weighted by Gasteiger charge is 2.42. The Morgan fingerprint density at radius 2 is 2.27 bits per heavy atom. The molecule has 1 unspecified atom stereocenters. The monoisotopic (exact) mass is 272 g/mol. The number of aromatic nitrogens is 3. The molecule has 1 aromatic rings. The number of nitrogens with zero attached hydrogens (tertiary/aromatic N) is 3. The van der Waals surface area contributed by atoms with Crippen LogP contribution in [0.4, 0.5) is 0 Å². The van der Waals surface area contributed by atoms with Crippen LogP contribution in [0.3, 0.4) is 0 Å². The molecule has 0 spiro atoms. The molecule has 0 saturated carbocycles. The first-order valence-corrected chi connectivity index (χ1v) is 6.18. The van der Waals surface area contributed by atoms with E-state index in [0.29, 0.717) is 5.92 Å². The van der Waals surface area contributed by atoms with E-state index in [1.807, 2.05) is 11.7 Å². The first-order chi connectivity index (χ1) is 7.08. The van der Waals surface area contributed by atoms with Gasteiger partial charge in [-0.05, 0) is 41.2 Å². The molecule has 0 aliphatic carbocycles. The maximum Gasteiger partial charge on any atom is 0.153 e. The van der Waals surface area contributed by atoms with Crippen LogP contribution in [0.2, 0.25) is 0 Å². The van der Waals surface area contributed by atoms with Gasteiger partial charge in [-0.25, -0.2) is 4.68 Å². The summed E-state index contributed by atoms with van der Waals surface area (Å²) in [6, 6.07) is 0. The summed E-state index contributed by atoms with van der Waals surface area (Å²) >= 11 is 3.50. The van der Waals surface area contributed by atoms with Crippen LogP contribution < -0.4 is 5.32 Å². The van der Waals surface area contributed by atoms with E-state index in [0.717, 1.165) is 17.6 Å². The Kier molecular flexibility index (Phi) is 2.85. The van der Waals surface area contributed by atoms with E-state index >= 15 is 0 Å². The van der Waals surface area contributed by atoms with Gasteiger partial charge in [-0.1, -0.05) is 19.1 Å². The first-order valence-electron chi connectivity index (χ1n) is 5.38. The van der Waals surface area contributed by atoms with Crippen LogP contribution in [0.25, 0.3) is 0 Å². The predicted octanol–water partition coefficient (Wildman–Crippen LogP) is 1.81. The molecule has 4 nitrogen and oxygen atoms in total. The lowest BCUT2D eigenvalue weighted by Gasteiger charge is -2.33. The van der Waals surface area contributed by atoms with Crippen molar-refractivity contribution < 1.29 is 0 Å². The average Bonchev–Trinajstić information content (AvgIpc) is 2.74. The topological polar surface area (TPSA) is 42.7 Å². The van der Waals surface area contributed by atoms with Crippen molar-refractivity contribution in [2.24, 2.45) is 13.0 Å². The molecule has 1 atom stereocenters. The van der Waals surface area contributed by atoms with Gasteiger partial charge in [-0.3, -0.25) is 0 Å². The smallest absolute Gasteiger partial charge is 0.153 e. The Morgan fingerprint density at radius 1 is 1.53 bits per heavy atom. The molecular formula is C10H17BrN4. The standard InChI is InChI=1S/C10H17BrN4/c1-7(2)10(5-4-6-12-10)8-9(11)13-14-15(8)3/h7,12H,4-6H2,1-3H3. The fourth-order valence-electron chi connectivity index (χ4n) is 2.54. The van der Waals surface area contributed by atoms with Crippen LogP contribution in [0, 0.1) is 5.92 Å². The molecular weight excluding hydrogens is 256 g/mol. The molecule has 0 amide bonds. The Bertz CT molecular complexity index is 333. The summed E-state index contributed by atoms with van der Waals surface area (Å²) in [5.41, 5.74) is 1.21. The van der Waals surface area contributed by atoms with E-state index in [1.165, 1.54) is 12.1 Å². The minimum Gasteiger partial charge on any atom is -0.306 e. The fraction of sp³-hybridized carbons (Fsp3) is 0.800. The van der Waals surface area contributed by atoms with Gasteiger partial charge in [-0.2, -0.15) is 0 Å². The van der Waals surface area contributed by atoms with Crippen molar-refractivity contribution in [2.45, 2.75) is 32.2 Å². The number of nitrogens with one attached hydrogen (secondary N) is 1. The number of halogens is 1. The van der Waals surface area contributed by atoms with Crippen LogP contribution in [-0.2, 0) is 12.6 Å². The Hall–Kier alpha value is -0.420. The fourth-order valence-corrected chi connectivity index (χ4v) is 3.22. The molecule has 2 rings (SSSR count). The van der Waals surface area contributed by atoms with Crippen molar-refractivity contribution in [1.82, 2.24) is 20.3 Å². The van der Waals surface area contributed by atoms with Crippen molar-refractivity contribution in [3.8, 4) is 0 Å². The minimum atomic E-state index is 0.0388. The van der Waals surface area contributed by atoms with Gasteiger partial charge in [0.05, 0.1) is 11.2 Å². The number of rotatable bonds is 2.